The Bertz CT molecular complexity index is 1550. The Morgan fingerprint density at radius 1 is 0.977 bits per heavy atom. The largest absolute Gasteiger partial charge is 0.463 e. The first-order valence-corrected chi connectivity index (χ1v) is 14.9. The van der Waals surface area contributed by atoms with E-state index in [2.05, 4.69) is 33.1 Å². The second-order valence-electron chi connectivity index (χ2n) is 11.5. The monoisotopic (exact) mass is 611 g/mol. The molecule has 3 aliphatic rings. The molecule has 1 saturated carbocycles. The normalized spacial score (nSPS) is 24.5. The number of hydrogen-bond acceptors (Lipinski definition) is 11. The zero-order valence-electron chi connectivity index (χ0n) is 24.3. The number of para-hydroxylation sites is 1. The molecule has 1 aliphatic carbocycles. The van der Waals surface area contributed by atoms with Crippen molar-refractivity contribution in [3.8, 4) is 0 Å². The maximum atomic E-state index is 12.2. The maximum Gasteiger partial charge on any atom is 0.303 e. The van der Waals surface area contributed by atoms with Crippen LogP contribution in [0, 0.1) is 0 Å². The molecule has 1 aromatic carbocycles. The van der Waals surface area contributed by atoms with Crippen LogP contribution in [0.5, 0.6) is 0 Å². The highest BCUT2D eigenvalue weighted by Gasteiger charge is 2.51. The molecule has 2 aliphatic heterocycles. The van der Waals surface area contributed by atoms with E-state index in [4.69, 9.17) is 35.5 Å². The minimum absolute atomic E-state index is 0.00950. The van der Waals surface area contributed by atoms with E-state index in [1.807, 2.05) is 6.07 Å². The number of fused-ring (bicyclic) bond motifs is 3. The van der Waals surface area contributed by atoms with Gasteiger partial charge in [-0.2, -0.15) is 9.97 Å². The highest BCUT2D eigenvalue weighted by Crippen LogP contribution is 2.51. The molecule has 2 aromatic heterocycles. The van der Waals surface area contributed by atoms with Crippen LogP contribution in [0.3, 0.4) is 0 Å². The van der Waals surface area contributed by atoms with Gasteiger partial charge in [0.05, 0.1) is 6.33 Å². The van der Waals surface area contributed by atoms with E-state index in [-0.39, 0.29) is 17.3 Å². The van der Waals surface area contributed by atoms with Gasteiger partial charge >= 0.3 is 17.9 Å². The number of aromatic nitrogens is 4. The molecule has 4 heterocycles. The van der Waals surface area contributed by atoms with Gasteiger partial charge in [-0.1, -0.05) is 43.9 Å². The number of ether oxygens (including phenoxy) is 4. The molecule has 12 nitrogen and oxygen atoms in total. The van der Waals surface area contributed by atoms with Crippen molar-refractivity contribution in [1.29, 1.82) is 0 Å². The summed E-state index contributed by atoms with van der Waals surface area (Å²) < 4.78 is 24.1. The van der Waals surface area contributed by atoms with Gasteiger partial charge in [-0.15, -0.1) is 0 Å². The number of nitrogens with zero attached hydrogens (tertiary/aromatic N) is 5. The number of benzene rings is 1. The Morgan fingerprint density at radius 3 is 2.37 bits per heavy atom. The smallest absolute Gasteiger partial charge is 0.303 e. The molecule has 0 radical (unpaired) electrons. The molecule has 228 valence electrons. The van der Waals surface area contributed by atoms with Crippen molar-refractivity contribution in [3.05, 3.63) is 41.4 Å². The van der Waals surface area contributed by atoms with Crippen LogP contribution in [0.4, 0.5) is 11.5 Å². The van der Waals surface area contributed by atoms with Crippen LogP contribution >= 0.6 is 11.6 Å². The number of imidazole rings is 1. The molecule has 0 amide bonds. The summed E-state index contributed by atoms with van der Waals surface area (Å²) in [4.78, 5) is 51.8. The van der Waals surface area contributed by atoms with Gasteiger partial charge in [0.1, 0.15) is 12.7 Å². The Labute approximate surface area is 253 Å². The van der Waals surface area contributed by atoms with Crippen LogP contribution in [0.1, 0.15) is 71.1 Å². The average Bonchev–Trinajstić information content (AvgIpc) is 3.54. The molecule has 43 heavy (non-hydrogen) atoms. The number of rotatable bonds is 6. The first-order chi connectivity index (χ1) is 20.7. The summed E-state index contributed by atoms with van der Waals surface area (Å²) in [6, 6.07) is 8.43. The van der Waals surface area contributed by atoms with Gasteiger partial charge < -0.3 is 23.8 Å². The fraction of sp³-hybridized carbons (Fsp3) is 0.533. The van der Waals surface area contributed by atoms with E-state index in [0.29, 0.717) is 17.0 Å². The van der Waals surface area contributed by atoms with E-state index in [9.17, 15) is 14.4 Å². The van der Waals surface area contributed by atoms with Crippen molar-refractivity contribution in [1.82, 2.24) is 19.5 Å². The van der Waals surface area contributed by atoms with Crippen molar-refractivity contribution >= 4 is 52.2 Å². The number of carbonyl (C=O) groups is 3. The number of hydrogen-bond donors (Lipinski definition) is 0. The number of esters is 3. The lowest BCUT2D eigenvalue weighted by molar-refractivity contribution is -0.166. The third-order valence-electron chi connectivity index (χ3n) is 8.53. The van der Waals surface area contributed by atoms with Crippen molar-refractivity contribution in [3.63, 3.8) is 0 Å². The van der Waals surface area contributed by atoms with Crippen LogP contribution in [0.15, 0.2) is 30.6 Å². The van der Waals surface area contributed by atoms with Crippen LogP contribution in [-0.4, -0.2) is 68.9 Å². The van der Waals surface area contributed by atoms with Crippen molar-refractivity contribution < 1.29 is 33.3 Å². The van der Waals surface area contributed by atoms with Gasteiger partial charge in [0, 0.05) is 38.4 Å². The topological polar surface area (TPSA) is 135 Å². The first kappa shape index (κ1) is 29.3. The highest BCUT2D eigenvalue weighted by atomic mass is 35.5. The van der Waals surface area contributed by atoms with E-state index >= 15 is 0 Å². The molecule has 4 atom stereocenters. The summed E-state index contributed by atoms with van der Waals surface area (Å²) in [5.41, 5.74) is 3.23. The molecule has 1 spiro atoms. The Kier molecular flexibility index (Phi) is 7.99. The number of anilines is 2. The lowest BCUT2D eigenvalue weighted by Crippen LogP contribution is -2.40. The van der Waals surface area contributed by atoms with E-state index in [1.165, 1.54) is 58.3 Å². The average molecular weight is 612 g/mol. The zero-order valence-corrected chi connectivity index (χ0v) is 25.1. The summed E-state index contributed by atoms with van der Waals surface area (Å²) >= 11 is 6.56. The highest BCUT2D eigenvalue weighted by molar-refractivity contribution is 6.28. The van der Waals surface area contributed by atoms with Gasteiger partial charge in [-0.05, 0) is 36.1 Å². The number of carbonyl (C=O) groups excluding carboxylic acids is 3. The standard InChI is InChI=1S/C30H34ClN5O7/c1-17(37)40-14-22-24(41-18(2)38)25(42-19(3)39)28(43-22)36-16-32-23-26(33-29(31)34-27(23)36)35-15-30(12-8-4-5-9-13-30)20-10-6-7-11-21(20)35/h6-7,10-11,16,22,24-25,28H,4-5,8-9,12-15H2,1-3H3/t22-,24?,25?,28-/m1/s1. The fourth-order valence-corrected chi connectivity index (χ4v) is 6.98. The molecule has 13 heteroatoms. The number of halogens is 1. The summed E-state index contributed by atoms with van der Waals surface area (Å²) in [7, 11) is 0. The Morgan fingerprint density at radius 2 is 1.67 bits per heavy atom. The lowest BCUT2D eigenvalue weighted by Gasteiger charge is -2.29. The van der Waals surface area contributed by atoms with Gasteiger partial charge in [-0.3, -0.25) is 19.0 Å². The second-order valence-corrected chi connectivity index (χ2v) is 11.8. The van der Waals surface area contributed by atoms with Crippen LogP contribution in [0.25, 0.3) is 11.2 Å². The van der Waals surface area contributed by atoms with Crippen molar-refractivity contribution in [2.45, 2.75) is 89.3 Å². The third-order valence-corrected chi connectivity index (χ3v) is 8.70. The van der Waals surface area contributed by atoms with Crippen LogP contribution in [-0.2, 0) is 38.7 Å². The van der Waals surface area contributed by atoms with Gasteiger partial charge in [-0.25, -0.2) is 4.98 Å². The van der Waals surface area contributed by atoms with E-state index < -0.39 is 42.4 Å². The molecular weight excluding hydrogens is 578 g/mol. The van der Waals surface area contributed by atoms with E-state index in [0.717, 1.165) is 25.1 Å². The quantitative estimate of drug-likeness (QED) is 0.221. The van der Waals surface area contributed by atoms with Crippen molar-refractivity contribution in [2.75, 3.05) is 18.1 Å². The second kappa shape index (κ2) is 11.7. The minimum Gasteiger partial charge on any atom is -0.463 e. The Hall–Kier alpha value is -3.77. The molecule has 0 bridgehead atoms. The van der Waals surface area contributed by atoms with Gasteiger partial charge in [0.2, 0.25) is 5.28 Å². The van der Waals surface area contributed by atoms with Crippen LogP contribution < -0.4 is 4.90 Å². The molecule has 0 N–H and O–H groups in total. The fourth-order valence-electron chi connectivity index (χ4n) is 6.82. The zero-order chi connectivity index (χ0) is 30.3. The molecule has 2 fully saturated rings. The minimum atomic E-state index is -1.08. The van der Waals surface area contributed by atoms with E-state index in [1.54, 1.807) is 4.57 Å². The summed E-state index contributed by atoms with van der Waals surface area (Å²) in [6.45, 7) is 4.27. The Balaban J connectivity index is 1.42. The molecule has 6 rings (SSSR count). The SMILES string of the molecule is CC(=O)OC[C@H]1O[C@@H](n2cnc3c(N4CC5(CCCCCC5)c5ccccc54)nc(Cl)nc32)C(OC(C)=O)C1OC(C)=O. The first-order valence-electron chi connectivity index (χ1n) is 14.6. The maximum absolute atomic E-state index is 12.2. The predicted molar refractivity (Wildman–Crippen MR) is 155 cm³/mol. The predicted octanol–water partition coefficient (Wildman–Crippen LogP) is 4.55. The van der Waals surface area contributed by atoms with Crippen LogP contribution in [0.2, 0.25) is 5.28 Å². The molecular formula is C30H34ClN5O7. The van der Waals surface area contributed by atoms with Crippen molar-refractivity contribution in [2.24, 2.45) is 0 Å². The molecule has 3 aromatic rings. The molecule has 1 saturated heterocycles. The summed E-state index contributed by atoms with van der Waals surface area (Å²) in [5.74, 6) is -1.18. The summed E-state index contributed by atoms with van der Waals surface area (Å²) in [6.07, 6.45) is 4.44. The molecule has 2 unspecified atom stereocenters. The van der Waals surface area contributed by atoms with Gasteiger partial charge in [0.15, 0.2) is 35.4 Å². The third kappa shape index (κ3) is 5.53. The lowest BCUT2D eigenvalue weighted by atomic mass is 9.76. The summed E-state index contributed by atoms with van der Waals surface area (Å²) in [5, 5.41) is 0.0126. The van der Waals surface area contributed by atoms with Gasteiger partial charge in [0.25, 0.3) is 0 Å².